The second kappa shape index (κ2) is 20.4. The van der Waals surface area contributed by atoms with E-state index in [1.54, 1.807) is 45.9 Å². The summed E-state index contributed by atoms with van der Waals surface area (Å²) in [6.45, 7) is 6.61. The largest absolute Gasteiger partial charge is 0.502 e. The minimum absolute atomic E-state index is 0.0816. The van der Waals surface area contributed by atoms with Crippen LogP contribution in [0.25, 0.3) is 0 Å². The zero-order valence-electron chi connectivity index (χ0n) is 32.2. The molecule has 18 nitrogen and oxygen atoms in total. The summed E-state index contributed by atoms with van der Waals surface area (Å²) in [5.41, 5.74) is 5.93. The van der Waals surface area contributed by atoms with Crippen molar-refractivity contribution in [3.05, 3.63) is 80.9 Å². The number of hydrogen-bond acceptors (Lipinski definition) is 15. The summed E-state index contributed by atoms with van der Waals surface area (Å²) in [5.74, 6) is -2.94. The molecule has 0 bridgehead atoms. The van der Waals surface area contributed by atoms with Gasteiger partial charge in [-0.05, 0) is 74.7 Å². The molecule has 0 aliphatic carbocycles. The lowest BCUT2D eigenvalue weighted by atomic mass is 9.87. The van der Waals surface area contributed by atoms with Crippen molar-refractivity contribution in [2.75, 3.05) is 47.9 Å². The van der Waals surface area contributed by atoms with Crippen LogP contribution < -0.4 is 25.3 Å². The van der Waals surface area contributed by atoms with Crippen molar-refractivity contribution >= 4 is 23.5 Å². The van der Waals surface area contributed by atoms with Gasteiger partial charge in [-0.1, -0.05) is 12.1 Å². The molecule has 3 rings (SSSR count). The number of hydrogen-bond donors (Lipinski definition) is 5. The molecule has 18 heteroatoms. The number of alkyl carbamates (subject to hydrolysis) is 1. The zero-order chi connectivity index (χ0) is 41.7. The first-order valence-corrected chi connectivity index (χ1v) is 17.2. The predicted molar refractivity (Wildman–Crippen MR) is 199 cm³/mol. The second-order valence-electron chi connectivity index (χ2n) is 13.5. The number of carbonyl (C=O) groups excluding carboxylic acids is 2. The van der Waals surface area contributed by atoms with Crippen molar-refractivity contribution in [1.82, 2.24) is 5.32 Å². The normalized spacial score (nSPS) is 13.5. The molecular formula is C38H49N3O15. The summed E-state index contributed by atoms with van der Waals surface area (Å²) in [6, 6.07) is 7.98. The molecule has 0 heterocycles. The first kappa shape index (κ1) is 44.9. The van der Waals surface area contributed by atoms with Crippen LogP contribution >= 0.6 is 0 Å². The molecule has 3 aromatic rings. The Morgan fingerprint density at radius 1 is 0.911 bits per heavy atom. The van der Waals surface area contributed by atoms with Crippen molar-refractivity contribution in [2.24, 2.45) is 5.73 Å². The molecule has 4 atom stereocenters. The Bertz CT molecular complexity index is 1850. The number of phenolic OH excluding ortho intramolecular Hbond substituents is 1. The predicted octanol–water partition coefficient (Wildman–Crippen LogP) is 4.29. The number of ether oxygens (including phenoxy) is 7. The highest BCUT2D eigenvalue weighted by Gasteiger charge is 2.34. The molecule has 56 heavy (non-hydrogen) atoms. The third kappa shape index (κ3) is 12.5. The Morgan fingerprint density at radius 2 is 1.59 bits per heavy atom. The van der Waals surface area contributed by atoms with Crippen LogP contribution in [-0.4, -0.2) is 104 Å². The summed E-state index contributed by atoms with van der Waals surface area (Å²) in [7, 11) is 4.32. The molecule has 0 fully saturated rings. The molecule has 0 saturated heterocycles. The van der Waals surface area contributed by atoms with Crippen LogP contribution in [0.1, 0.15) is 55.0 Å². The van der Waals surface area contributed by atoms with Crippen molar-refractivity contribution in [2.45, 2.75) is 63.8 Å². The maximum atomic E-state index is 14.1. The fourth-order valence-electron chi connectivity index (χ4n) is 5.37. The fourth-order valence-corrected chi connectivity index (χ4v) is 5.37. The number of carbonyl (C=O) groups is 3. The van der Waals surface area contributed by atoms with Gasteiger partial charge in [0.15, 0.2) is 23.0 Å². The highest BCUT2D eigenvalue weighted by molar-refractivity contribution is 5.91. The van der Waals surface area contributed by atoms with Crippen LogP contribution in [-0.2, 0) is 35.0 Å². The molecule has 6 N–H and O–H groups in total. The Morgan fingerprint density at radius 3 is 2.20 bits per heavy atom. The fraction of sp³-hybridized carbons (Fsp3) is 0.447. The maximum Gasteiger partial charge on any atom is 0.408 e. The first-order chi connectivity index (χ1) is 26.4. The average Bonchev–Trinajstić information content (AvgIpc) is 3.13. The van der Waals surface area contributed by atoms with Gasteiger partial charge < -0.3 is 59.5 Å². The number of nitrogens with zero attached hydrogens (tertiary/aromatic N) is 1. The smallest absolute Gasteiger partial charge is 0.408 e. The van der Waals surface area contributed by atoms with Crippen LogP contribution in [0.15, 0.2) is 48.5 Å². The van der Waals surface area contributed by atoms with Gasteiger partial charge in [0, 0.05) is 25.2 Å². The van der Waals surface area contributed by atoms with Crippen LogP contribution in [0.2, 0.25) is 0 Å². The number of methoxy groups -OCH3 is 3. The number of nitro benzene ring substituents is 1. The summed E-state index contributed by atoms with van der Waals surface area (Å²) in [4.78, 5) is 49.2. The number of rotatable bonds is 21. The van der Waals surface area contributed by atoms with Crippen LogP contribution in [0, 0.1) is 17.0 Å². The van der Waals surface area contributed by atoms with Gasteiger partial charge in [0.1, 0.15) is 36.0 Å². The lowest BCUT2D eigenvalue weighted by Crippen LogP contribution is -2.44. The second-order valence-corrected chi connectivity index (χ2v) is 13.5. The Labute approximate surface area is 323 Å². The first-order valence-electron chi connectivity index (χ1n) is 17.2. The quantitative estimate of drug-likeness (QED) is 0.0437. The number of carboxylic acid groups (broad SMARTS) is 1. The number of aliphatic carboxylic acids is 1. The minimum atomic E-state index is -1.73. The molecule has 0 unspecified atom stereocenters. The number of nitrogens with one attached hydrogen (secondary N) is 1. The van der Waals surface area contributed by atoms with Crippen LogP contribution in [0.4, 0.5) is 10.5 Å². The zero-order valence-corrected chi connectivity index (χ0v) is 32.2. The number of aliphatic hydroxyl groups is 1. The number of nitrogens with two attached hydrogens (primary N) is 1. The molecule has 0 saturated carbocycles. The number of phenols is 1. The average molecular weight is 788 g/mol. The Hall–Kier alpha value is -5.53. The summed E-state index contributed by atoms with van der Waals surface area (Å²) in [5, 5.41) is 44.7. The van der Waals surface area contributed by atoms with Gasteiger partial charge in [-0.3, -0.25) is 14.9 Å². The van der Waals surface area contributed by atoms with E-state index < -0.39 is 63.9 Å². The van der Waals surface area contributed by atoms with Gasteiger partial charge in [0.2, 0.25) is 0 Å². The van der Waals surface area contributed by atoms with E-state index in [1.807, 2.05) is 0 Å². The molecule has 3 aromatic carbocycles. The van der Waals surface area contributed by atoms with Gasteiger partial charge in [0.05, 0.1) is 50.9 Å². The van der Waals surface area contributed by atoms with Gasteiger partial charge in [-0.25, -0.2) is 9.59 Å². The lowest BCUT2D eigenvalue weighted by molar-refractivity contribution is -0.386. The van der Waals surface area contributed by atoms with Crippen molar-refractivity contribution in [1.29, 1.82) is 0 Å². The monoisotopic (exact) mass is 787 g/mol. The number of nitro groups is 1. The van der Waals surface area contributed by atoms with E-state index in [1.165, 1.54) is 39.5 Å². The highest BCUT2D eigenvalue weighted by atomic mass is 16.7. The van der Waals surface area contributed by atoms with Crippen molar-refractivity contribution < 1.29 is 67.8 Å². The summed E-state index contributed by atoms with van der Waals surface area (Å²) >= 11 is 0. The SMILES string of the molecule is COCCOCOC[C@@H](C(=O)[C@H](N)[C@H](O)c1ccc(O)c([N+](=O)[O-])c1)c1cc(OC)c(C)c(Oc2cc(C[C@@H](NC(=O)OC(C)(C)C)C(=O)O)ccc2OC)c1. The number of ketones is 1. The van der Waals surface area contributed by atoms with E-state index in [0.29, 0.717) is 17.7 Å². The lowest BCUT2D eigenvalue weighted by Gasteiger charge is -2.25. The Kier molecular flexibility index (Phi) is 16.3. The van der Waals surface area contributed by atoms with E-state index in [-0.39, 0.29) is 60.6 Å². The Balaban J connectivity index is 2.02. The highest BCUT2D eigenvalue weighted by Crippen LogP contribution is 2.40. The standard InChI is InChI=1S/C38H49N3O15/c1-21-30(52-7)17-24(18-31(21)55-32-15-22(8-11-29(32)51-6)14-26(36(45)46)40-37(47)56-38(2,3)4)25(19-54-20-53-13-12-50-5)35(44)33(39)34(43)23-9-10-28(42)27(16-23)41(48)49/h8-11,15-18,25-26,33-34,42-43H,12-14,19-20,39H2,1-7H3,(H,40,47)(H,45,46)/t25-,26-,33-,34-/m1/s1. The molecule has 1 amide bonds. The van der Waals surface area contributed by atoms with E-state index in [2.05, 4.69) is 5.32 Å². The molecule has 0 radical (unpaired) electrons. The number of amides is 1. The van der Waals surface area contributed by atoms with Gasteiger partial charge in [0.25, 0.3) is 0 Å². The van der Waals surface area contributed by atoms with E-state index >= 15 is 0 Å². The van der Waals surface area contributed by atoms with Crippen LogP contribution in [0.3, 0.4) is 0 Å². The molecule has 0 aliphatic heterocycles. The molecule has 0 aromatic heterocycles. The number of aliphatic hydroxyl groups excluding tert-OH is 1. The molecule has 0 spiro atoms. The van der Waals surface area contributed by atoms with Gasteiger partial charge >= 0.3 is 17.7 Å². The van der Waals surface area contributed by atoms with Crippen molar-refractivity contribution in [3.63, 3.8) is 0 Å². The maximum absolute atomic E-state index is 14.1. The number of carboxylic acids is 1. The molecule has 306 valence electrons. The topological polar surface area (TPSA) is 258 Å². The van der Waals surface area contributed by atoms with E-state index in [9.17, 15) is 39.8 Å². The molecule has 0 aliphatic rings. The third-order valence-electron chi connectivity index (χ3n) is 8.27. The van der Waals surface area contributed by atoms with Gasteiger partial charge in [-0.2, -0.15) is 0 Å². The van der Waals surface area contributed by atoms with E-state index in [0.717, 1.165) is 12.1 Å². The summed E-state index contributed by atoms with van der Waals surface area (Å²) in [6.07, 6.45) is -2.78. The van der Waals surface area contributed by atoms with E-state index in [4.69, 9.17) is 38.9 Å². The minimum Gasteiger partial charge on any atom is -0.502 e. The number of aromatic hydroxyl groups is 1. The number of benzene rings is 3. The van der Waals surface area contributed by atoms with Crippen LogP contribution in [0.5, 0.6) is 28.7 Å². The summed E-state index contributed by atoms with van der Waals surface area (Å²) < 4.78 is 38.8. The van der Waals surface area contributed by atoms with Crippen molar-refractivity contribution in [3.8, 4) is 28.7 Å². The number of Topliss-reactive ketones (excluding diaryl/α,β-unsaturated/α-hetero) is 1. The molecular weight excluding hydrogens is 738 g/mol. The van der Waals surface area contributed by atoms with Gasteiger partial charge in [-0.15, -0.1) is 0 Å². The third-order valence-corrected chi connectivity index (χ3v) is 8.27.